The van der Waals surface area contributed by atoms with E-state index in [9.17, 15) is 0 Å². The third-order valence-corrected chi connectivity index (χ3v) is 2.42. The molecular formula is C14H15N2. The maximum Gasteiger partial charge on any atom is 0.0420 e. The lowest BCUT2D eigenvalue weighted by Gasteiger charge is -2.05. The first-order chi connectivity index (χ1) is 7.84. The van der Waals surface area contributed by atoms with Gasteiger partial charge in [-0.2, -0.15) is 0 Å². The van der Waals surface area contributed by atoms with Crippen LogP contribution in [0.2, 0.25) is 0 Å². The maximum absolute atomic E-state index is 5.63. The van der Waals surface area contributed by atoms with Crippen LogP contribution >= 0.6 is 0 Å². The number of nitrogens with one attached hydrogen (secondary N) is 1. The van der Waals surface area contributed by atoms with Crippen LogP contribution in [0.15, 0.2) is 48.5 Å². The Hall–Kier alpha value is -1.96. The number of para-hydroxylation sites is 1. The third kappa shape index (κ3) is 3.02. The van der Waals surface area contributed by atoms with Gasteiger partial charge in [-0.25, -0.2) is 0 Å². The van der Waals surface area contributed by atoms with Crippen molar-refractivity contribution in [3.63, 3.8) is 0 Å². The highest BCUT2D eigenvalue weighted by Gasteiger charge is 1.93. The molecule has 0 aromatic heterocycles. The van der Waals surface area contributed by atoms with Crippen LogP contribution in [-0.4, -0.2) is 6.54 Å². The van der Waals surface area contributed by atoms with Gasteiger partial charge in [0.2, 0.25) is 0 Å². The first-order valence-electron chi connectivity index (χ1n) is 5.39. The lowest BCUT2D eigenvalue weighted by atomic mass is 10.1. The summed E-state index contributed by atoms with van der Waals surface area (Å²) in [6.07, 6.45) is 0.989. The van der Waals surface area contributed by atoms with Gasteiger partial charge in [0, 0.05) is 24.0 Å². The molecule has 1 radical (unpaired) electrons. The number of hydrogen-bond donors (Lipinski definition) is 2. The lowest BCUT2D eigenvalue weighted by molar-refractivity contribution is 1.02. The molecule has 0 unspecified atom stereocenters. The van der Waals surface area contributed by atoms with Crippen molar-refractivity contribution in [1.29, 1.82) is 0 Å². The van der Waals surface area contributed by atoms with Crippen LogP contribution < -0.4 is 11.1 Å². The molecule has 3 N–H and O–H groups in total. The van der Waals surface area contributed by atoms with Crippen molar-refractivity contribution in [2.24, 2.45) is 0 Å². The smallest absolute Gasteiger partial charge is 0.0420 e. The second-order valence-electron chi connectivity index (χ2n) is 3.69. The van der Waals surface area contributed by atoms with E-state index in [1.807, 2.05) is 36.4 Å². The van der Waals surface area contributed by atoms with Crippen LogP contribution in [0.4, 0.5) is 11.4 Å². The van der Waals surface area contributed by atoms with E-state index in [0.29, 0.717) is 0 Å². The van der Waals surface area contributed by atoms with Crippen molar-refractivity contribution in [3.05, 3.63) is 60.2 Å². The van der Waals surface area contributed by atoms with Crippen molar-refractivity contribution in [1.82, 2.24) is 0 Å². The highest BCUT2D eigenvalue weighted by atomic mass is 14.9. The maximum atomic E-state index is 5.63. The fourth-order valence-corrected chi connectivity index (χ4v) is 1.53. The summed E-state index contributed by atoms with van der Waals surface area (Å²) in [4.78, 5) is 0. The summed E-state index contributed by atoms with van der Waals surface area (Å²) in [6, 6.07) is 19.0. The van der Waals surface area contributed by atoms with Gasteiger partial charge >= 0.3 is 0 Å². The van der Waals surface area contributed by atoms with E-state index in [-0.39, 0.29) is 0 Å². The average molecular weight is 211 g/mol. The van der Waals surface area contributed by atoms with E-state index in [2.05, 4.69) is 23.5 Å². The highest BCUT2D eigenvalue weighted by Crippen LogP contribution is 2.07. The van der Waals surface area contributed by atoms with Crippen LogP contribution in [0.3, 0.4) is 0 Å². The van der Waals surface area contributed by atoms with Gasteiger partial charge in [-0.15, -0.1) is 0 Å². The minimum atomic E-state index is 0.813. The van der Waals surface area contributed by atoms with Crippen LogP contribution in [0.5, 0.6) is 0 Å². The van der Waals surface area contributed by atoms with E-state index in [1.54, 1.807) is 0 Å². The summed E-state index contributed by atoms with van der Waals surface area (Å²) in [5, 5.41) is 3.32. The third-order valence-electron chi connectivity index (χ3n) is 2.42. The number of nitrogens with two attached hydrogens (primary N) is 1. The van der Waals surface area contributed by atoms with Crippen LogP contribution in [0.1, 0.15) is 5.56 Å². The van der Waals surface area contributed by atoms with Crippen molar-refractivity contribution < 1.29 is 0 Å². The minimum absolute atomic E-state index is 0.813. The quantitative estimate of drug-likeness (QED) is 0.763. The second-order valence-corrected chi connectivity index (χ2v) is 3.69. The molecular weight excluding hydrogens is 196 g/mol. The first kappa shape index (κ1) is 10.6. The summed E-state index contributed by atoms with van der Waals surface area (Å²) in [7, 11) is 0. The number of anilines is 2. The molecule has 2 aromatic rings. The van der Waals surface area contributed by atoms with Crippen molar-refractivity contribution in [3.8, 4) is 0 Å². The van der Waals surface area contributed by atoms with E-state index in [4.69, 9.17) is 5.73 Å². The number of benzene rings is 2. The molecule has 0 heterocycles. The van der Waals surface area contributed by atoms with Crippen molar-refractivity contribution >= 4 is 11.4 Å². The summed E-state index contributed by atoms with van der Waals surface area (Å²) < 4.78 is 0. The van der Waals surface area contributed by atoms with Crippen LogP contribution in [0, 0.1) is 6.07 Å². The predicted octanol–water partition coefficient (Wildman–Crippen LogP) is 2.72. The summed E-state index contributed by atoms with van der Waals surface area (Å²) in [6.45, 7) is 0.907. The molecule has 0 saturated heterocycles. The topological polar surface area (TPSA) is 38.0 Å². The molecule has 81 valence electrons. The van der Waals surface area contributed by atoms with Crippen LogP contribution in [0.25, 0.3) is 0 Å². The molecule has 0 aliphatic rings. The van der Waals surface area contributed by atoms with Crippen molar-refractivity contribution in [2.45, 2.75) is 6.42 Å². The molecule has 0 atom stereocenters. The zero-order chi connectivity index (χ0) is 11.2. The zero-order valence-corrected chi connectivity index (χ0v) is 9.11. The van der Waals surface area contributed by atoms with Gasteiger partial charge in [0.1, 0.15) is 0 Å². The second kappa shape index (κ2) is 5.21. The molecule has 0 spiro atoms. The summed E-state index contributed by atoms with van der Waals surface area (Å²) in [5.74, 6) is 0. The Bertz CT molecular complexity index is 420. The predicted molar refractivity (Wildman–Crippen MR) is 68.3 cm³/mol. The molecule has 2 rings (SSSR count). The Balaban J connectivity index is 1.82. The van der Waals surface area contributed by atoms with Gasteiger partial charge in [0.15, 0.2) is 0 Å². The van der Waals surface area contributed by atoms with Gasteiger partial charge in [0.05, 0.1) is 0 Å². The Morgan fingerprint density at radius 2 is 1.88 bits per heavy atom. The minimum Gasteiger partial charge on any atom is -0.399 e. The molecule has 2 aromatic carbocycles. The number of rotatable bonds is 4. The van der Waals surface area contributed by atoms with E-state index >= 15 is 0 Å². The molecule has 0 aliphatic heterocycles. The van der Waals surface area contributed by atoms with E-state index in [0.717, 1.165) is 24.3 Å². The molecule has 2 heteroatoms. The molecule has 0 fully saturated rings. The fraction of sp³-hybridized carbons (Fsp3) is 0.143. The summed E-state index contributed by atoms with van der Waals surface area (Å²) in [5.41, 5.74) is 8.77. The normalized spacial score (nSPS) is 10.0. The van der Waals surface area contributed by atoms with Gasteiger partial charge in [-0.05, 0) is 30.2 Å². The van der Waals surface area contributed by atoms with Crippen LogP contribution in [-0.2, 0) is 6.42 Å². The monoisotopic (exact) mass is 211 g/mol. The Labute approximate surface area is 96.1 Å². The Morgan fingerprint density at radius 1 is 1.06 bits per heavy atom. The standard InChI is InChI=1S/C14H15N2/c15-13-8-6-12(7-9-13)10-11-16-14-4-2-1-3-5-14/h1-4,6-9,16H,10-11,15H2. The molecule has 0 saturated carbocycles. The first-order valence-corrected chi connectivity index (χ1v) is 5.39. The highest BCUT2D eigenvalue weighted by molar-refractivity contribution is 5.42. The zero-order valence-electron chi connectivity index (χ0n) is 9.11. The molecule has 2 nitrogen and oxygen atoms in total. The van der Waals surface area contributed by atoms with Gasteiger partial charge < -0.3 is 11.1 Å². The van der Waals surface area contributed by atoms with Crippen molar-refractivity contribution in [2.75, 3.05) is 17.6 Å². The Morgan fingerprint density at radius 3 is 2.56 bits per heavy atom. The van der Waals surface area contributed by atoms with Gasteiger partial charge in [-0.1, -0.05) is 30.3 Å². The van der Waals surface area contributed by atoms with Gasteiger partial charge in [0.25, 0.3) is 0 Å². The molecule has 0 aliphatic carbocycles. The molecule has 0 bridgehead atoms. The summed E-state index contributed by atoms with van der Waals surface area (Å²) >= 11 is 0. The lowest BCUT2D eigenvalue weighted by Crippen LogP contribution is -2.04. The fourth-order valence-electron chi connectivity index (χ4n) is 1.53. The van der Waals surface area contributed by atoms with Gasteiger partial charge in [-0.3, -0.25) is 0 Å². The van der Waals surface area contributed by atoms with E-state index in [1.165, 1.54) is 5.56 Å². The Kier molecular flexibility index (Phi) is 3.44. The number of nitrogen functional groups attached to an aromatic ring is 1. The average Bonchev–Trinajstić information content (AvgIpc) is 2.33. The largest absolute Gasteiger partial charge is 0.399 e. The molecule has 16 heavy (non-hydrogen) atoms. The molecule has 0 amide bonds. The van der Waals surface area contributed by atoms with E-state index < -0.39 is 0 Å². The SMILES string of the molecule is Nc1ccc(CCNc2[c]cccc2)cc1. The number of hydrogen-bond acceptors (Lipinski definition) is 2.